The van der Waals surface area contributed by atoms with Gasteiger partial charge in [0.25, 0.3) is 0 Å². The van der Waals surface area contributed by atoms with Gasteiger partial charge in [0.2, 0.25) is 10.0 Å². The van der Waals surface area contributed by atoms with Gasteiger partial charge in [-0.1, -0.05) is 19.8 Å². The Labute approximate surface area is 192 Å². The van der Waals surface area contributed by atoms with Crippen molar-refractivity contribution in [2.45, 2.75) is 68.7 Å². The van der Waals surface area contributed by atoms with Crippen LogP contribution in [0.5, 0.6) is 0 Å². The van der Waals surface area contributed by atoms with Gasteiger partial charge in [0, 0.05) is 6.42 Å². The summed E-state index contributed by atoms with van der Waals surface area (Å²) in [5.74, 6) is -3.48. The van der Waals surface area contributed by atoms with E-state index in [0.29, 0.717) is 12.0 Å². The summed E-state index contributed by atoms with van der Waals surface area (Å²) >= 11 is 0. The number of aryl methyl sites for hydroxylation is 1. The van der Waals surface area contributed by atoms with E-state index in [1.54, 1.807) is 0 Å². The van der Waals surface area contributed by atoms with Gasteiger partial charge in [-0.2, -0.15) is 0 Å². The molecule has 1 aromatic rings. The average molecular weight is 488 g/mol. The summed E-state index contributed by atoms with van der Waals surface area (Å²) in [7, 11) is -4.21. The molecule has 2 aliphatic rings. The fraction of sp³-hybridized carbons (Fsp3) is 0.591. The van der Waals surface area contributed by atoms with Gasteiger partial charge in [0.1, 0.15) is 23.3 Å². The Bertz CT molecular complexity index is 984. The number of halogens is 1. The van der Waals surface area contributed by atoms with Gasteiger partial charge in [-0.15, -0.1) is 0 Å². The SMILES string of the molecule is CCCCCc1cc(F)ccc1NS(=O)(=O)C1CCC2(C=C1C(=O)O)OC(CO)C(CO)O2. The van der Waals surface area contributed by atoms with Gasteiger partial charge in [-0.3, -0.25) is 4.72 Å². The highest BCUT2D eigenvalue weighted by Crippen LogP contribution is 2.41. The normalized spacial score (nSPS) is 27.5. The molecule has 0 bridgehead atoms. The quantitative estimate of drug-likeness (QED) is 0.367. The number of anilines is 1. The standard InChI is InChI=1S/C22H30FNO8S/c1-2-3-4-5-14-10-15(23)6-7-17(14)24-33(29,30)20-8-9-22(11-16(20)21(27)28)31-18(12-25)19(13-26)32-22/h6-7,10-11,18-20,24-26H,2-5,8-9,12-13H2,1H3,(H,27,28). The number of ether oxygens (including phenoxy) is 2. The summed E-state index contributed by atoms with van der Waals surface area (Å²) in [5.41, 5.74) is 0.282. The molecular weight excluding hydrogens is 457 g/mol. The molecule has 1 heterocycles. The lowest BCUT2D eigenvalue weighted by atomic mass is 9.94. The summed E-state index contributed by atoms with van der Waals surface area (Å²) < 4.78 is 54.0. The second-order valence-electron chi connectivity index (χ2n) is 8.33. The number of aliphatic hydroxyl groups excluding tert-OH is 2. The van der Waals surface area contributed by atoms with Crippen LogP contribution >= 0.6 is 0 Å². The summed E-state index contributed by atoms with van der Waals surface area (Å²) in [6.45, 7) is 1.13. The van der Waals surface area contributed by atoms with Crippen molar-refractivity contribution in [1.29, 1.82) is 0 Å². The van der Waals surface area contributed by atoms with Crippen LogP contribution in [0.15, 0.2) is 29.8 Å². The number of carbonyl (C=O) groups is 1. The third-order valence-corrected chi connectivity index (χ3v) is 7.69. The van der Waals surface area contributed by atoms with E-state index in [1.165, 1.54) is 12.1 Å². The predicted octanol–water partition coefficient (Wildman–Crippen LogP) is 1.94. The Morgan fingerprint density at radius 2 is 1.88 bits per heavy atom. The number of benzene rings is 1. The second kappa shape index (κ2) is 10.5. The van der Waals surface area contributed by atoms with Crippen molar-refractivity contribution in [2.75, 3.05) is 17.9 Å². The molecule has 33 heavy (non-hydrogen) atoms. The molecule has 1 aliphatic carbocycles. The maximum absolute atomic E-state index is 13.8. The molecule has 3 rings (SSSR count). The van der Waals surface area contributed by atoms with Crippen molar-refractivity contribution in [1.82, 2.24) is 0 Å². The number of hydrogen-bond donors (Lipinski definition) is 4. The van der Waals surface area contributed by atoms with Crippen molar-refractivity contribution in [3.8, 4) is 0 Å². The zero-order valence-corrected chi connectivity index (χ0v) is 19.2. The maximum atomic E-state index is 13.8. The van der Waals surface area contributed by atoms with Gasteiger partial charge in [-0.25, -0.2) is 17.6 Å². The molecule has 0 saturated carbocycles. The fourth-order valence-electron chi connectivity index (χ4n) is 4.26. The lowest BCUT2D eigenvalue weighted by molar-refractivity contribution is -0.153. The molecule has 3 unspecified atom stereocenters. The highest BCUT2D eigenvalue weighted by molar-refractivity contribution is 7.93. The minimum Gasteiger partial charge on any atom is -0.478 e. The number of rotatable bonds is 10. The van der Waals surface area contributed by atoms with E-state index in [2.05, 4.69) is 4.72 Å². The lowest BCUT2D eigenvalue weighted by Crippen LogP contribution is -2.42. The van der Waals surface area contributed by atoms with Crippen molar-refractivity contribution < 1.29 is 42.4 Å². The minimum absolute atomic E-state index is 0.00906. The Balaban J connectivity index is 1.88. The van der Waals surface area contributed by atoms with Crippen molar-refractivity contribution in [3.05, 3.63) is 41.2 Å². The smallest absolute Gasteiger partial charge is 0.332 e. The Morgan fingerprint density at radius 3 is 2.45 bits per heavy atom. The van der Waals surface area contributed by atoms with Crippen LogP contribution in [-0.2, 0) is 30.7 Å². The second-order valence-corrected chi connectivity index (χ2v) is 10.2. The fourth-order valence-corrected chi connectivity index (χ4v) is 5.84. The number of nitrogens with one attached hydrogen (secondary N) is 1. The van der Waals surface area contributed by atoms with Crippen LogP contribution < -0.4 is 4.72 Å². The molecule has 4 N–H and O–H groups in total. The number of sulfonamides is 1. The van der Waals surface area contributed by atoms with Gasteiger partial charge in [0.05, 0.1) is 24.5 Å². The van der Waals surface area contributed by atoms with Crippen molar-refractivity contribution >= 4 is 21.7 Å². The summed E-state index contributed by atoms with van der Waals surface area (Å²) in [6, 6.07) is 3.76. The zero-order chi connectivity index (χ0) is 24.2. The number of unbranched alkanes of at least 4 members (excludes halogenated alkanes) is 2. The number of aliphatic hydroxyl groups is 2. The van der Waals surface area contributed by atoms with Gasteiger partial charge in [0.15, 0.2) is 5.79 Å². The van der Waals surface area contributed by atoms with Crippen molar-refractivity contribution in [2.24, 2.45) is 0 Å². The molecule has 9 nitrogen and oxygen atoms in total. The van der Waals surface area contributed by atoms with Crippen LogP contribution in [0.1, 0.15) is 44.6 Å². The van der Waals surface area contributed by atoms with E-state index < -0.39 is 63.8 Å². The van der Waals surface area contributed by atoms with E-state index in [4.69, 9.17) is 9.47 Å². The van der Waals surface area contributed by atoms with Crippen LogP contribution in [0.3, 0.4) is 0 Å². The number of carboxylic acids is 1. The highest BCUT2D eigenvalue weighted by atomic mass is 32.2. The largest absolute Gasteiger partial charge is 0.478 e. The van der Waals surface area contributed by atoms with E-state index in [1.807, 2.05) is 6.92 Å². The Morgan fingerprint density at radius 1 is 1.21 bits per heavy atom. The van der Waals surface area contributed by atoms with Crippen molar-refractivity contribution in [3.63, 3.8) is 0 Å². The highest BCUT2D eigenvalue weighted by Gasteiger charge is 2.51. The Kier molecular flexibility index (Phi) is 8.12. The average Bonchev–Trinajstić information content (AvgIpc) is 3.12. The molecule has 0 amide bonds. The van der Waals surface area contributed by atoms with Crippen LogP contribution in [0, 0.1) is 5.82 Å². The summed E-state index contributed by atoms with van der Waals surface area (Å²) in [5, 5.41) is 27.2. The number of hydrogen-bond acceptors (Lipinski definition) is 7. The zero-order valence-electron chi connectivity index (χ0n) is 18.4. The monoisotopic (exact) mass is 487 g/mol. The van der Waals surface area contributed by atoms with E-state index in [0.717, 1.165) is 31.4 Å². The topological polar surface area (TPSA) is 142 Å². The lowest BCUT2D eigenvalue weighted by Gasteiger charge is -2.33. The molecule has 1 aromatic carbocycles. The number of carboxylic acid groups (broad SMARTS) is 1. The predicted molar refractivity (Wildman–Crippen MR) is 118 cm³/mol. The molecule has 1 saturated heterocycles. The molecular formula is C22H30FNO8S. The molecule has 184 valence electrons. The molecule has 3 atom stereocenters. The first-order valence-electron chi connectivity index (χ1n) is 11.0. The van der Waals surface area contributed by atoms with Gasteiger partial charge in [-0.05, 0) is 49.1 Å². The minimum atomic E-state index is -4.21. The van der Waals surface area contributed by atoms with Crippen LogP contribution in [0.4, 0.5) is 10.1 Å². The summed E-state index contributed by atoms with van der Waals surface area (Å²) in [4.78, 5) is 12.0. The first-order chi connectivity index (χ1) is 15.6. The van der Waals surface area contributed by atoms with E-state index in [-0.39, 0.29) is 18.5 Å². The third kappa shape index (κ3) is 5.72. The van der Waals surface area contributed by atoms with Gasteiger partial charge >= 0.3 is 5.97 Å². The molecule has 1 spiro atoms. The van der Waals surface area contributed by atoms with Crippen LogP contribution in [0.25, 0.3) is 0 Å². The van der Waals surface area contributed by atoms with E-state index >= 15 is 0 Å². The first-order valence-corrected chi connectivity index (χ1v) is 12.5. The summed E-state index contributed by atoms with van der Waals surface area (Å²) in [6.07, 6.45) is 2.35. The van der Waals surface area contributed by atoms with Gasteiger partial charge < -0.3 is 24.8 Å². The van der Waals surface area contributed by atoms with E-state index in [9.17, 15) is 32.9 Å². The molecule has 11 heteroatoms. The first kappa shape index (κ1) is 25.6. The maximum Gasteiger partial charge on any atom is 0.332 e. The van der Waals surface area contributed by atoms with Crippen LogP contribution in [0.2, 0.25) is 0 Å². The molecule has 1 aliphatic heterocycles. The molecule has 0 aromatic heterocycles. The third-order valence-electron chi connectivity index (χ3n) is 5.94. The molecule has 1 fully saturated rings. The molecule has 0 radical (unpaired) electrons. The van der Waals surface area contributed by atoms with Crippen LogP contribution in [-0.4, -0.2) is 66.2 Å². The number of aliphatic carboxylic acids is 1. The Hall–Kier alpha value is -2.05.